The Morgan fingerprint density at radius 3 is 2.63 bits per heavy atom. The largest absolute Gasteiger partial charge is 0.334 e. The number of amides is 2. The minimum atomic E-state index is 0.0551. The Bertz CT molecular complexity index is 447. The van der Waals surface area contributed by atoms with Gasteiger partial charge in [-0.1, -0.05) is 6.92 Å². The van der Waals surface area contributed by atoms with E-state index < -0.39 is 0 Å². The molecule has 2 rings (SSSR count). The minimum absolute atomic E-state index is 0.0551. The first-order valence-electron chi connectivity index (χ1n) is 7.19. The fraction of sp³-hybridized carbons (Fsp3) is 0.714. The maximum atomic E-state index is 12.0. The standard InChI is InChI=1S/C14H24N4O/c1-4-7-18-12(3)13(11(2)16-18)10-15-14(19)17-8-5-6-9-17/h4-10H2,1-3H3,(H,15,19). The smallest absolute Gasteiger partial charge is 0.317 e. The van der Waals surface area contributed by atoms with Crippen LogP contribution in [0.3, 0.4) is 0 Å². The molecule has 0 atom stereocenters. The number of carbonyl (C=O) groups excluding carboxylic acids is 1. The Morgan fingerprint density at radius 2 is 2.00 bits per heavy atom. The molecule has 1 aromatic rings. The van der Waals surface area contributed by atoms with E-state index in [9.17, 15) is 4.79 Å². The van der Waals surface area contributed by atoms with Crippen molar-refractivity contribution >= 4 is 6.03 Å². The van der Waals surface area contributed by atoms with Crippen LogP contribution in [0.25, 0.3) is 0 Å². The van der Waals surface area contributed by atoms with Gasteiger partial charge in [0, 0.05) is 37.4 Å². The van der Waals surface area contributed by atoms with Gasteiger partial charge >= 0.3 is 6.03 Å². The third-order valence-corrected chi connectivity index (χ3v) is 3.78. The molecule has 2 heterocycles. The van der Waals surface area contributed by atoms with Crippen LogP contribution < -0.4 is 5.32 Å². The Morgan fingerprint density at radius 1 is 1.32 bits per heavy atom. The van der Waals surface area contributed by atoms with Crippen molar-refractivity contribution < 1.29 is 4.79 Å². The van der Waals surface area contributed by atoms with Gasteiger partial charge < -0.3 is 10.2 Å². The van der Waals surface area contributed by atoms with Gasteiger partial charge in [-0.3, -0.25) is 4.68 Å². The van der Waals surface area contributed by atoms with Crippen molar-refractivity contribution in [1.82, 2.24) is 20.0 Å². The number of nitrogens with zero attached hydrogens (tertiary/aromatic N) is 3. The van der Waals surface area contributed by atoms with E-state index in [2.05, 4.69) is 24.3 Å². The number of aryl methyl sites for hydroxylation is 2. The summed E-state index contributed by atoms with van der Waals surface area (Å²) in [6.45, 7) is 9.52. The van der Waals surface area contributed by atoms with E-state index >= 15 is 0 Å². The van der Waals surface area contributed by atoms with Crippen LogP contribution in [-0.2, 0) is 13.1 Å². The van der Waals surface area contributed by atoms with Gasteiger partial charge in [0.25, 0.3) is 0 Å². The van der Waals surface area contributed by atoms with Crippen molar-refractivity contribution in [2.45, 2.75) is 53.1 Å². The average Bonchev–Trinajstić information content (AvgIpc) is 2.99. The molecule has 1 fully saturated rings. The Labute approximate surface area is 115 Å². The molecule has 0 bridgehead atoms. The zero-order valence-electron chi connectivity index (χ0n) is 12.2. The molecule has 0 saturated carbocycles. The second kappa shape index (κ2) is 6.08. The SMILES string of the molecule is CCCn1nc(C)c(CNC(=O)N2CCCC2)c1C. The minimum Gasteiger partial charge on any atom is -0.334 e. The molecule has 2 amide bonds. The van der Waals surface area contributed by atoms with Crippen molar-refractivity contribution in [3.8, 4) is 0 Å². The molecular formula is C14H24N4O. The summed E-state index contributed by atoms with van der Waals surface area (Å²) in [6.07, 6.45) is 3.32. The highest BCUT2D eigenvalue weighted by Crippen LogP contribution is 2.14. The molecule has 1 N–H and O–H groups in total. The molecule has 1 aliphatic rings. The Balaban J connectivity index is 1.97. The second-order valence-corrected chi connectivity index (χ2v) is 5.23. The first kappa shape index (κ1) is 13.9. The van der Waals surface area contributed by atoms with Crippen LogP contribution in [0.4, 0.5) is 4.79 Å². The van der Waals surface area contributed by atoms with Gasteiger partial charge in [0.1, 0.15) is 0 Å². The average molecular weight is 264 g/mol. The monoisotopic (exact) mass is 264 g/mol. The van der Waals surface area contributed by atoms with Gasteiger partial charge in [-0.15, -0.1) is 0 Å². The predicted octanol–water partition coefficient (Wildman–Crippen LogP) is 2.22. The van der Waals surface area contributed by atoms with Crippen molar-refractivity contribution in [3.63, 3.8) is 0 Å². The van der Waals surface area contributed by atoms with Gasteiger partial charge in [-0.25, -0.2) is 4.79 Å². The molecule has 0 unspecified atom stereocenters. The van der Waals surface area contributed by atoms with E-state index in [0.29, 0.717) is 6.54 Å². The van der Waals surface area contributed by atoms with Crippen molar-refractivity contribution in [2.24, 2.45) is 0 Å². The fourth-order valence-corrected chi connectivity index (χ4v) is 2.62. The number of carbonyl (C=O) groups is 1. The molecule has 1 aromatic heterocycles. The topological polar surface area (TPSA) is 50.2 Å². The van der Waals surface area contributed by atoms with Crippen LogP contribution in [0, 0.1) is 13.8 Å². The van der Waals surface area contributed by atoms with Gasteiger partial charge in [0.15, 0.2) is 0 Å². The van der Waals surface area contributed by atoms with E-state index in [1.165, 1.54) is 5.69 Å². The van der Waals surface area contributed by atoms with Crippen LogP contribution in [0.15, 0.2) is 0 Å². The number of hydrogen-bond acceptors (Lipinski definition) is 2. The summed E-state index contributed by atoms with van der Waals surface area (Å²) in [5.74, 6) is 0. The fourth-order valence-electron chi connectivity index (χ4n) is 2.62. The van der Waals surface area contributed by atoms with E-state index in [0.717, 1.165) is 50.2 Å². The molecule has 0 aromatic carbocycles. The van der Waals surface area contributed by atoms with Gasteiger partial charge in [0.05, 0.1) is 5.69 Å². The predicted molar refractivity (Wildman–Crippen MR) is 75.0 cm³/mol. The number of nitrogens with one attached hydrogen (secondary N) is 1. The molecule has 0 spiro atoms. The Kier molecular flexibility index (Phi) is 4.45. The van der Waals surface area contributed by atoms with Crippen molar-refractivity contribution in [2.75, 3.05) is 13.1 Å². The number of hydrogen-bond donors (Lipinski definition) is 1. The van der Waals surface area contributed by atoms with E-state index in [1.807, 2.05) is 16.5 Å². The first-order chi connectivity index (χ1) is 9.13. The van der Waals surface area contributed by atoms with Crippen LogP contribution in [0.2, 0.25) is 0 Å². The summed E-state index contributed by atoms with van der Waals surface area (Å²) >= 11 is 0. The summed E-state index contributed by atoms with van der Waals surface area (Å²) in [7, 11) is 0. The number of aromatic nitrogens is 2. The Hall–Kier alpha value is -1.52. The van der Waals surface area contributed by atoms with Crippen molar-refractivity contribution in [3.05, 3.63) is 17.0 Å². The molecule has 106 valence electrons. The summed E-state index contributed by atoms with van der Waals surface area (Å²) in [5.41, 5.74) is 3.34. The van der Waals surface area contributed by atoms with Crippen LogP contribution in [-0.4, -0.2) is 33.8 Å². The lowest BCUT2D eigenvalue weighted by molar-refractivity contribution is 0.208. The van der Waals surface area contributed by atoms with Gasteiger partial charge in [-0.2, -0.15) is 5.10 Å². The van der Waals surface area contributed by atoms with Crippen molar-refractivity contribution in [1.29, 1.82) is 0 Å². The number of likely N-dealkylation sites (tertiary alicyclic amines) is 1. The summed E-state index contributed by atoms with van der Waals surface area (Å²) in [4.78, 5) is 13.9. The number of rotatable bonds is 4. The summed E-state index contributed by atoms with van der Waals surface area (Å²) < 4.78 is 2.03. The second-order valence-electron chi connectivity index (χ2n) is 5.23. The molecule has 1 aliphatic heterocycles. The zero-order chi connectivity index (χ0) is 13.8. The van der Waals surface area contributed by atoms with Gasteiger partial charge in [-0.05, 0) is 33.1 Å². The normalized spacial score (nSPS) is 15.0. The zero-order valence-corrected chi connectivity index (χ0v) is 12.2. The first-order valence-corrected chi connectivity index (χ1v) is 7.19. The van der Waals surface area contributed by atoms with E-state index in [4.69, 9.17) is 0 Å². The molecule has 5 heteroatoms. The third-order valence-electron chi connectivity index (χ3n) is 3.78. The quantitative estimate of drug-likeness (QED) is 0.906. The number of urea groups is 1. The highest BCUT2D eigenvalue weighted by atomic mass is 16.2. The highest BCUT2D eigenvalue weighted by Gasteiger charge is 2.18. The molecule has 1 saturated heterocycles. The highest BCUT2D eigenvalue weighted by molar-refractivity contribution is 5.74. The molecule has 0 aliphatic carbocycles. The van der Waals surface area contributed by atoms with Gasteiger partial charge in [0.2, 0.25) is 0 Å². The molecular weight excluding hydrogens is 240 g/mol. The van der Waals surface area contributed by atoms with Crippen LogP contribution in [0.1, 0.15) is 43.1 Å². The van der Waals surface area contributed by atoms with Crippen LogP contribution >= 0.6 is 0 Å². The maximum Gasteiger partial charge on any atom is 0.317 e. The van der Waals surface area contributed by atoms with E-state index in [1.54, 1.807) is 0 Å². The lowest BCUT2D eigenvalue weighted by Gasteiger charge is -2.16. The molecule has 19 heavy (non-hydrogen) atoms. The maximum absolute atomic E-state index is 12.0. The van der Waals surface area contributed by atoms with E-state index in [-0.39, 0.29) is 6.03 Å². The van der Waals surface area contributed by atoms with Crippen LogP contribution in [0.5, 0.6) is 0 Å². The lowest BCUT2D eigenvalue weighted by atomic mass is 10.2. The molecule has 0 radical (unpaired) electrons. The summed E-state index contributed by atoms with van der Waals surface area (Å²) in [6, 6.07) is 0.0551. The lowest BCUT2D eigenvalue weighted by Crippen LogP contribution is -2.37. The summed E-state index contributed by atoms with van der Waals surface area (Å²) in [5, 5.41) is 7.54. The molecule has 5 nitrogen and oxygen atoms in total. The third kappa shape index (κ3) is 3.08.